The molecule has 4 rings (SSSR count). The van der Waals surface area contributed by atoms with Crippen LogP contribution in [0.3, 0.4) is 0 Å². The molecule has 4 aromatic rings. The third kappa shape index (κ3) is 1.94. The van der Waals surface area contributed by atoms with E-state index < -0.39 is 0 Å². The van der Waals surface area contributed by atoms with Crippen LogP contribution in [0.15, 0.2) is 69.9 Å². The molecule has 0 bridgehead atoms. The Bertz CT molecular complexity index is 1030. The number of rotatable bonds is 2. The first kappa shape index (κ1) is 12.9. The van der Waals surface area contributed by atoms with Gasteiger partial charge in [0.05, 0.1) is 17.4 Å². The summed E-state index contributed by atoms with van der Waals surface area (Å²) in [7, 11) is 0. The van der Waals surface area contributed by atoms with Gasteiger partial charge in [-0.3, -0.25) is 4.79 Å². The minimum absolute atomic E-state index is 0.00518. The number of hydrogen-bond acceptors (Lipinski definition) is 2. The quantitative estimate of drug-likeness (QED) is 0.557. The fraction of sp³-hybridized carbons (Fsp3) is 0.105. The second-order valence-corrected chi connectivity index (χ2v) is 5.49. The fourth-order valence-electron chi connectivity index (χ4n) is 2.95. The molecule has 0 aliphatic heterocycles. The van der Waals surface area contributed by atoms with Gasteiger partial charge in [0.1, 0.15) is 11.3 Å². The van der Waals surface area contributed by atoms with Gasteiger partial charge in [-0.1, -0.05) is 42.5 Å². The van der Waals surface area contributed by atoms with Crippen molar-refractivity contribution in [1.29, 1.82) is 0 Å². The van der Waals surface area contributed by atoms with Crippen molar-refractivity contribution in [2.24, 2.45) is 0 Å². The molecule has 0 saturated carbocycles. The maximum absolute atomic E-state index is 12.9. The molecule has 2 aromatic carbocycles. The molecule has 0 radical (unpaired) electrons. The fourth-order valence-corrected chi connectivity index (χ4v) is 2.95. The highest BCUT2D eigenvalue weighted by Gasteiger charge is 2.14. The Kier molecular flexibility index (Phi) is 2.86. The van der Waals surface area contributed by atoms with E-state index in [2.05, 4.69) is 0 Å². The van der Waals surface area contributed by atoms with Crippen LogP contribution in [-0.4, -0.2) is 4.57 Å². The van der Waals surface area contributed by atoms with E-state index in [4.69, 9.17) is 4.42 Å². The Labute approximate surface area is 127 Å². The van der Waals surface area contributed by atoms with Crippen LogP contribution in [0.5, 0.6) is 0 Å². The predicted molar refractivity (Wildman–Crippen MR) is 88.3 cm³/mol. The maximum atomic E-state index is 12.9. The highest BCUT2D eigenvalue weighted by Crippen LogP contribution is 2.25. The highest BCUT2D eigenvalue weighted by molar-refractivity contribution is 6.02. The van der Waals surface area contributed by atoms with Crippen LogP contribution in [0, 0.1) is 6.92 Å². The van der Waals surface area contributed by atoms with E-state index in [0.29, 0.717) is 17.5 Å². The molecule has 0 amide bonds. The van der Waals surface area contributed by atoms with Gasteiger partial charge in [0.2, 0.25) is 0 Å². The van der Waals surface area contributed by atoms with Gasteiger partial charge in [0.15, 0.2) is 0 Å². The molecule has 0 fully saturated rings. The SMILES string of the molecule is Cc1cc2c(=O)n(Cc3ccccc3)c3ccccc3c2o1. The van der Waals surface area contributed by atoms with Crippen LogP contribution in [-0.2, 0) is 6.54 Å². The van der Waals surface area contributed by atoms with Gasteiger partial charge in [-0.2, -0.15) is 0 Å². The average Bonchev–Trinajstić information content (AvgIpc) is 2.95. The molecule has 0 unspecified atom stereocenters. The van der Waals surface area contributed by atoms with Crippen LogP contribution in [0.2, 0.25) is 0 Å². The van der Waals surface area contributed by atoms with E-state index in [9.17, 15) is 4.79 Å². The first-order chi connectivity index (χ1) is 10.7. The van der Waals surface area contributed by atoms with Crippen molar-refractivity contribution in [3.63, 3.8) is 0 Å². The molecule has 108 valence electrons. The molecular weight excluding hydrogens is 274 g/mol. The van der Waals surface area contributed by atoms with Gasteiger partial charge in [-0.15, -0.1) is 0 Å². The third-order valence-corrected chi connectivity index (χ3v) is 3.95. The van der Waals surface area contributed by atoms with Gasteiger partial charge < -0.3 is 8.98 Å². The zero-order valence-corrected chi connectivity index (χ0v) is 12.2. The Hall–Kier alpha value is -2.81. The van der Waals surface area contributed by atoms with E-state index in [1.165, 1.54) is 0 Å². The number of nitrogens with zero attached hydrogens (tertiary/aromatic N) is 1. The van der Waals surface area contributed by atoms with Gasteiger partial charge >= 0.3 is 0 Å². The number of furan rings is 1. The van der Waals surface area contributed by atoms with Gasteiger partial charge in [0.25, 0.3) is 5.56 Å². The minimum atomic E-state index is -0.00518. The van der Waals surface area contributed by atoms with Crippen molar-refractivity contribution >= 4 is 21.9 Å². The zero-order valence-electron chi connectivity index (χ0n) is 12.2. The molecular formula is C19H15NO2. The van der Waals surface area contributed by atoms with Crippen LogP contribution < -0.4 is 5.56 Å². The van der Waals surface area contributed by atoms with Crippen LogP contribution in [0.4, 0.5) is 0 Å². The predicted octanol–water partition coefficient (Wildman–Crippen LogP) is 4.10. The number of pyridine rings is 1. The van der Waals surface area contributed by atoms with Crippen molar-refractivity contribution in [2.75, 3.05) is 0 Å². The van der Waals surface area contributed by atoms with Gasteiger partial charge in [-0.25, -0.2) is 0 Å². The van der Waals surface area contributed by atoms with E-state index >= 15 is 0 Å². The summed E-state index contributed by atoms with van der Waals surface area (Å²) in [6.45, 7) is 2.43. The number of fused-ring (bicyclic) bond motifs is 3. The van der Waals surface area contributed by atoms with Gasteiger partial charge in [0, 0.05) is 5.39 Å². The lowest BCUT2D eigenvalue weighted by molar-refractivity contribution is 0.581. The molecule has 0 atom stereocenters. The summed E-state index contributed by atoms with van der Waals surface area (Å²) in [5, 5.41) is 1.62. The Morgan fingerprint density at radius 2 is 1.68 bits per heavy atom. The number of hydrogen-bond donors (Lipinski definition) is 0. The molecule has 2 heterocycles. The standard InChI is InChI=1S/C19H15NO2/c1-13-11-16-18(22-13)15-9-5-6-10-17(15)20(19(16)21)12-14-7-3-2-4-8-14/h2-11H,12H2,1H3. The Morgan fingerprint density at radius 1 is 0.955 bits per heavy atom. The molecule has 22 heavy (non-hydrogen) atoms. The summed E-state index contributed by atoms with van der Waals surface area (Å²) < 4.78 is 7.58. The molecule has 0 saturated heterocycles. The molecule has 3 nitrogen and oxygen atoms in total. The lowest BCUT2D eigenvalue weighted by Crippen LogP contribution is -2.21. The van der Waals surface area contributed by atoms with Crippen LogP contribution >= 0.6 is 0 Å². The van der Waals surface area contributed by atoms with Crippen molar-refractivity contribution in [3.8, 4) is 0 Å². The summed E-state index contributed by atoms with van der Waals surface area (Å²) in [6.07, 6.45) is 0. The monoisotopic (exact) mass is 289 g/mol. The van der Waals surface area contributed by atoms with Crippen molar-refractivity contribution in [3.05, 3.63) is 82.3 Å². The van der Waals surface area contributed by atoms with Crippen LogP contribution in [0.25, 0.3) is 21.9 Å². The van der Waals surface area contributed by atoms with Crippen molar-refractivity contribution in [2.45, 2.75) is 13.5 Å². The second-order valence-electron chi connectivity index (χ2n) is 5.49. The summed E-state index contributed by atoms with van der Waals surface area (Å²) in [6, 6.07) is 19.7. The molecule has 0 aliphatic rings. The summed E-state index contributed by atoms with van der Waals surface area (Å²) >= 11 is 0. The van der Waals surface area contributed by atoms with E-state index in [0.717, 1.165) is 22.2 Å². The second kappa shape index (κ2) is 4.88. The molecule has 0 spiro atoms. The van der Waals surface area contributed by atoms with E-state index in [1.807, 2.05) is 72.2 Å². The number of benzene rings is 2. The largest absolute Gasteiger partial charge is 0.460 e. The first-order valence-corrected chi connectivity index (χ1v) is 7.29. The first-order valence-electron chi connectivity index (χ1n) is 7.29. The molecule has 2 aromatic heterocycles. The molecule has 0 aliphatic carbocycles. The molecule has 3 heteroatoms. The Morgan fingerprint density at radius 3 is 2.50 bits per heavy atom. The number of para-hydroxylation sites is 1. The smallest absolute Gasteiger partial charge is 0.262 e. The summed E-state index contributed by atoms with van der Waals surface area (Å²) in [5.41, 5.74) is 2.68. The van der Waals surface area contributed by atoms with E-state index in [-0.39, 0.29) is 5.56 Å². The topological polar surface area (TPSA) is 35.1 Å². The average molecular weight is 289 g/mol. The van der Waals surface area contributed by atoms with Crippen molar-refractivity contribution in [1.82, 2.24) is 4.57 Å². The van der Waals surface area contributed by atoms with E-state index in [1.54, 1.807) is 0 Å². The number of aryl methyl sites for hydroxylation is 1. The van der Waals surface area contributed by atoms with Crippen LogP contribution in [0.1, 0.15) is 11.3 Å². The minimum Gasteiger partial charge on any atom is -0.460 e. The zero-order chi connectivity index (χ0) is 15.1. The van der Waals surface area contributed by atoms with Gasteiger partial charge in [-0.05, 0) is 30.7 Å². The van der Waals surface area contributed by atoms with Crippen molar-refractivity contribution < 1.29 is 4.42 Å². The number of aromatic nitrogens is 1. The Balaban J connectivity index is 2.07. The lowest BCUT2D eigenvalue weighted by Gasteiger charge is -2.11. The lowest BCUT2D eigenvalue weighted by atomic mass is 10.1. The summed E-state index contributed by atoms with van der Waals surface area (Å²) in [4.78, 5) is 12.9. The highest BCUT2D eigenvalue weighted by atomic mass is 16.3. The third-order valence-electron chi connectivity index (χ3n) is 3.95. The maximum Gasteiger partial charge on any atom is 0.262 e. The summed E-state index contributed by atoms with van der Waals surface area (Å²) in [5.74, 6) is 0.759. The normalized spacial score (nSPS) is 11.3. The molecule has 0 N–H and O–H groups in total.